The number of unbranched alkanes of at least 4 members (excludes halogenated alkanes) is 1. The lowest BCUT2D eigenvalue weighted by Gasteiger charge is -2.19. The zero-order valence-electron chi connectivity index (χ0n) is 14.3. The monoisotopic (exact) mass is 324 g/mol. The highest BCUT2D eigenvalue weighted by molar-refractivity contribution is 5.93. The maximum Gasteiger partial charge on any atom is 0.270 e. The first-order valence-electron chi connectivity index (χ1n) is 8.64. The number of aromatic nitrogens is 2. The predicted molar refractivity (Wildman–Crippen MR) is 96.1 cm³/mol. The van der Waals surface area contributed by atoms with Gasteiger partial charge in [0.25, 0.3) is 5.91 Å². The number of amides is 1. The molecule has 1 aromatic heterocycles. The molecule has 0 unspecified atom stereocenters. The maximum atomic E-state index is 12.4. The van der Waals surface area contributed by atoms with Gasteiger partial charge >= 0.3 is 0 Å². The molecule has 1 aliphatic rings. The van der Waals surface area contributed by atoms with Crippen LogP contribution in [0.1, 0.15) is 43.1 Å². The number of carbonyl (C=O) groups is 1. The molecule has 5 nitrogen and oxygen atoms in total. The standard InChI is InChI=1S/C19H24N4O/c1-3-4-12-23(2)17-13-16(19(24)20-15-10-11-15)21-18(22-17)14-8-6-5-7-9-14/h5-9,13,15H,3-4,10-12H2,1-2H3,(H,20,24). The van der Waals surface area contributed by atoms with Gasteiger partial charge in [0.05, 0.1) is 0 Å². The molecule has 1 saturated carbocycles. The normalized spacial score (nSPS) is 13.6. The SMILES string of the molecule is CCCCN(C)c1cc(C(=O)NC2CC2)nc(-c2ccccc2)n1. The molecular formula is C19H24N4O. The predicted octanol–water partition coefficient (Wildman–Crippen LogP) is 3.27. The van der Waals surface area contributed by atoms with Crippen LogP contribution in [0.25, 0.3) is 11.4 Å². The third-order valence-electron chi connectivity index (χ3n) is 4.13. The summed E-state index contributed by atoms with van der Waals surface area (Å²) in [6, 6.07) is 11.9. The van der Waals surface area contributed by atoms with Crippen LogP contribution >= 0.6 is 0 Å². The van der Waals surface area contributed by atoms with Crippen molar-refractivity contribution in [2.75, 3.05) is 18.5 Å². The average molecular weight is 324 g/mol. The van der Waals surface area contributed by atoms with Crippen LogP contribution in [0.4, 0.5) is 5.82 Å². The number of carbonyl (C=O) groups excluding carboxylic acids is 1. The average Bonchev–Trinajstić information content (AvgIpc) is 3.44. The maximum absolute atomic E-state index is 12.4. The van der Waals surface area contributed by atoms with Gasteiger partial charge in [-0.05, 0) is 19.3 Å². The zero-order chi connectivity index (χ0) is 16.9. The van der Waals surface area contributed by atoms with E-state index in [2.05, 4.69) is 27.1 Å². The molecule has 0 spiro atoms. The molecule has 1 amide bonds. The minimum Gasteiger partial charge on any atom is -0.360 e. The Hall–Kier alpha value is -2.43. The van der Waals surface area contributed by atoms with E-state index >= 15 is 0 Å². The summed E-state index contributed by atoms with van der Waals surface area (Å²) in [5.41, 5.74) is 1.36. The van der Waals surface area contributed by atoms with Crippen LogP contribution in [0.2, 0.25) is 0 Å². The number of nitrogens with one attached hydrogen (secondary N) is 1. The van der Waals surface area contributed by atoms with E-state index in [1.807, 2.05) is 37.4 Å². The molecule has 0 bridgehead atoms. The van der Waals surface area contributed by atoms with E-state index in [9.17, 15) is 4.79 Å². The lowest BCUT2D eigenvalue weighted by atomic mass is 10.2. The van der Waals surface area contributed by atoms with Crippen molar-refractivity contribution in [3.05, 3.63) is 42.1 Å². The van der Waals surface area contributed by atoms with Crippen LogP contribution in [-0.2, 0) is 0 Å². The van der Waals surface area contributed by atoms with Gasteiger partial charge in [-0.2, -0.15) is 0 Å². The number of anilines is 1. The van der Waals surface area contributed by atoms with E-state index in [-0.39, 0.29) is 5.91 Å². The first-order chi connectivity index (χ1) is 11.7. The van der Waals surface area contributed by atoms with Crippen LogP contribution in [-0.4, -0.2) is 35.5 Å². The van der Waals surface area contributed by atoms with Crippen molar-refractivity contribution in [1.82, 2.24) is 15.3 Å². The molecule has 3 rings (SSSR count). The van der Waals surface area contributed by atoms with E-state index in [0.29, 0.717) is 17.6 Å². The Bertz CT molecular complexity index is 698. The van der Waals surface area contributed by atoms with Crippen LogP contribution in [0.15, 0.2) is 36.4 Å². The molecule has 0 aliphatic heterocycles. The largest absolute Gasteiger partial charge is 0.360 e. The zero-order valence-corrected chi connectivity index (χ0v) is 14.3. The molecule has 2 aromatic rings. The molecule has 0 saturated heterocycles. The molecule has 1 heterocycles. The number of hydrogen-bond donors (Lipinski definition) is 1. The molecular weight excluding hydrogens is 300 g/mol. The Balaban J connectivity index is 1.93. The van der Waals surface area contributed by atoms with Gasteiger partial charge in [0.2, 0.25) is 0 Å². The Morgan fingerprint density at radius 2 is 2.00 bits per heavy atom. The minimum absolute atomic E-state index is 0.109. The highest BCUT2D eigenvalue weighted by Crippen LogP contribution is 2.22. The molecule has 5 heteroatoms. The van der Waals surface area contributed by atoms with Crippen molar-refractivity contribution >= 4 is 11.7 Å². The summed E-state index contributed by atoms with van der Waals surface area (Å²) in [5, 5.41) is 3.01. The van der Waals surface area contributed by atoms with Crippen LogP contribution in [0, 0.1) is 0 Å². The Morgan fingerprint density at radius 3 is 2.67 bits per heavy atom. The van der Waals surface area contributed by atoms with Gasteiger partial charge in [-0.1, -0.05) is 43.7 Å². The summed E-state index contributed by atoms with van der Waals surface area (Å²) >= 11 is 0. The first-order valence-corrected chi connectivity index (χ1v) is 8.64. The second-order valence-electron chi connectivity index (χ2n) is 6.32. The van der Waals surface area contributed by atoms with Gasteiger partial charge in [0, 0.05) is 31.3 Å². The van der Waals surface area contributed by atoms with Gasteiger partial charge in [0.1, 0.15) is 11.5 Å². The summed E-state index contributed by atoms with van der Waals surface area (Å²) in [5.74, 6) is 1.28. The van der Waals surface area contributed by atoms with Crippen molar-refractivity contribution < 1.29 is 4.79 Å². The van der Waals surface area contributed by atoms with Gasteiger partial charge in [-0.15, -0.1) is 0 Å². The Morgan fingerprint density at radius 1 is 1.25 bits per heavy atom. The van der Waals surface area contributed by atoms with Crippen LogP contribution < -0.4 is 10.2 Å². The number of benzene rings is 1. The summed E-state index contributed by atoms with van der Waals surface area (Å²) in [6.45, 7) is 3.07. The molecule has 24 heavy (non-hydrogen) atoms. The number of nitrogens with zero attached hydrogens (tertiary/aromatic N) is 3. The molecule has 1 aromatic carbocycles. The van der Waals surface area contributed by atoms with Crippen LogP contribution in [0.3, 0.4) is 0 Å². The number of rotatable bonds is 7. The smallest absolute Gasteiger partial charge is 0.270 e. The third kappa shape index (κ3) is 4.10. The van der Waals surface area contributed by atoms with Gasteiger partial charge in [-0.25, -0.2) is 9.97 Å². The summed E-state index contributed by atoms with van der Waals surface area (Å²) in [4.78, 5) is 23.7. The van der Waals surface area contributed by atoms with E-state index in [0.717, 1.165) is 43.6 Å². The fourth-order valence-electron chi connectivity index (χ4n) is 2.46. The van der Waals surface area contributed by atoms with Gasteiger partial charge in [-0.3, -0.25) is 4.79 Å². The molecule has 1 N–H and O–H groups in total. The van der Waals surface area contributed by atoms with Gasteiger partial charge in [0.15, 0.2) is 5.82 Å². The summed E-state index contributed by atoms with van der Waals surface area (Å²) in [7, 11) is 2.01. The van der Waals surface area contributed by atoms with Crippen molar-refractivity contribution in [2.24, 2.45) is 0 Å². The molecule has 126 valence electrons. The molecule has 0 radical (unpaired) electrons. The second-order valence-corrected chi connectivity index (χ2v) is 6.32. The van der Waals surface area contributed by atoms with E-state index in [1.54, 1.807) is 6.07 Å². The van der Waals surface area contributed by atoms with Crippen molar-refractivity contribution in [3.8, 4) is 11.4 Å². The highest BCUT2D eigenvalue weighted by Gasteiger charge is 2.25. The van der Waals surface area contributed by atoms with Crippen molar-refractivity contribution in [3.63, 3.8) is 0 Å². The lowest BCUT2D eigenvalue weighted by molar-refractivity contribution is 0.0946. The fraction of sp³-hybridized carbons (Fsp3) is 0.421. The van der Waals surface area contributed by atoms with Crippen molar-refractivity contribution in [1.29, 1.82) is 0 Å². The summed E-state index contributed by atoms with van der Waals surface area (Å²) in [6.07, 6.45) is 4.33. The van der Waals surface area contributed by atoms with E-state index in [1.165, 1.54) is 0 Å². The number of hydrogen-bond acceptors (Lipinski definition) is 4. The third-order valence-corrected chi connectivity index (χ3v) is 4.13. The summed E-state index contributed by atoms with van der Waals surface area (Å²) < 4.78 is 0. The lowest BCUT2D eigenvalue weighted by Crippen LogP contribution is -2.27. The minimum atomic E-state index is -0.109. The van der Waals surface area contributed by atoms with Gasteiger partial charge < -0.3 is 10.2 Å². The van der Waals surface area contributed by atoms with E-state index in [4.69, 9.17) is 0 Å². The highest BCUT2D eigenvalue weighted by atomic mass is 16.2. The van der Waals surface area contributed by atoms with E-state index < -0.39 is 0 Å². The Labute approximate surface area is 143 Å². The topological polar surface area (TPSA) is 58.1 Å². The quantitative estimate of drug-likeness (QED) is 0.849. The fourth-order valence-corrected chi connectivity index (χ4v) is 2.46. The second kappa shape index (κ2) is 7.43. The van der Waals surface area contributed by atoms with Crippen molar-refractivity contribution in [2.45, 2.75) is 38.6 Å². The molecule has 1 fully saturated rings. The Kier molecular flexibility index (Phi) is 5.08. The van der Waals surface area contributed by atoms with Crippen LogP contribution in [0.5, 0.6) is 0 Å². The first kappa shape index (κ1) is 16.4. The molecule has 1 aliphatic carbocycles. The molecule has 0 atom stereocenters.